The number of nitro groups is 1. The summed E-state index contributed by atoms with van der Waals surface area (Å²) in [5, 5.41) is 21.2. The fourth-order valence-corrected chi connectivity index (χ4v) is 2.42. The molecule has 1 aliphatic rings. The molecule has 1 aromatic rings. The Morgan fingerprint density at radius 1 is 1.53 bits per heavy atom. The number of hydrogen-bond donors (Lipinski definition) is 1. The number of methoxy groups -OCH3 is 1. The number of hydrogen-bond acceptors (Lipinski definition) is 5. The second-order valence-electron chi connectivity index (χ2n) is 5.47. The van der Waals surface area contributed by atoms with Crippen LogP contribution in [0.5, 0.6) is 5.75 Å². The van der Waals surface area contributed by atoms with E-state index in [9.17, 15) is 15.2 Å². The second-order valence-corrected chi connectivity index (χ2v) is 5.47. The average molecular weight is 266 g/mol. The van der Waals surface area contributed by atoms with Crippen LogP contribution in [-0.4, -0.2) is 36.3 Å². The quantitative estimate of drug-likeness (QED) is 0.667. The van der Waals surface area contributed by atoms with Gasteiger partial charge in [-0.15, -0.1) is 0 Å². The number of para-hydroxylation sites is 1. The van der Waals surface area contributed by atoms with Crippen molar-refractivity contribution in [3.8, 4) is 5.75 Å². The lowest BCUT2D eigenvalue weighted by molar-refractivity contribution is -0.385. The first-order valence-corrected chi connectivity index (χ1v) is 6.11. The van der Waals surface area contributed by atoms with Crippen LogP contribution >= 0.6 is 0 Å². The van der Waals surface area contributed by atoms with E-state index in [1.54, 1.807) is 18.2 Å². The highest BCUT2D eigenvalue weighted by Gasteiger charge is 2.40. The van der Waals surface area contributed by atoms with Crippen LogP contribution in [0.3, 0.4) is 0 Å². The Morgan fingerprint density at radius 3 is 2.68 bits per heavy atom. The van der Waals surface area contributed by atoms with Crippen molar-refractivity contribution in [1.82, 2.24) is 0 Å². The summed E-state index contributed by atoms with van der Waals surface area (Å²) >= 11 is 0. The number of aliphatic hydroxyl groups is 1. The van der Waals surface area contributed by atoms with Crippen LogP contribution in [0.1, 0.15) is 13.8 Å². The van der Waals surface area contributed by atoms with E-state index < -0.39 is 11.0 Å². The minimum atomic E-state index is -0.502. The Balaban J connectivity index is 2.44. The van der Waals surface area contributed by atoms with Crippen molar-refractivity contribution in [3.05, 3.63) is 28.3 Å². The number of aliphatic hydroxyl groups excluding tert-OH is 1. The van der Waals surface area contributed by atoms with Gasteiger partial charge in [0.15, 0.2) is 5.75 Å². The molecule has 1 atom stereocenters. The van der Waals surface area contributed by atoms with Crippen LogP contribution in [0.25, 0.3) is 0 Å². The van der Waals surface area contributed by atoms with E-state index in [0.29, 0.717) is 18.8 Å². The van der Waals surface area contributed by atoms with Gasteiger partial charge in [-0.2, -0.15) is 0 Å². The molecule has 0 unspecified atom stereocenters. The van der Waals surface area contributed by atoms with Crippen molar-refractivity contribution in [2.75, 3.05) is 25.1 Å². The maximum atomic E-state index is 11.2. The van der Waals surface area contributed by atoms with E-state index in [0.717, 1.165) is 0 Å². The number of β-amino-alcohol motifs (C(OH)–C–C–N with tert-alkyl or cyclic N) is 1. The highest BCUT2D eigenvalue weighted by atomic mass is 16.6. The van der Waals surface area contributed by atoms with Gasteiger partial charge in [0.2, 0.25) is 0 Å². The molecule has 1 N–H and O–H groups in total. The maximum Gasteiger partial charge on any atom is 0.333 e. The van der Waals surface area contributed by atoms with Gasteiger partial charge in [0.05, 0.1) is 18.1 Å². The van der Waals surface area contributed by atoms with Gasteiger partial charge < -0.3 is 14.7 Å². The SMILES string of the molecule is COc1cccc(N2C[C@@H](O)C(C)(C)C2)c1[N+](=O)[O-]. The number of benzene rings is 1. The molecule has 0 aromatic heterocycles. The van der Waals surface area contributed by atoms with Crippen LogP contribution in [0, 0.1) is 15.5 Å². The zero-order valence-electron chi connectivity index (χ0n) is 11.3. The largest absolute Gasteiger partial charge is 0.490 e. The summed E-state index contributed by atoms with van der Waals surface area (Å²) in [4.78, 5) is 12.6. The fourth-order valence-electron chi connectivity index (χ4n) is 2.42. The van der Waals surface area contributed by atoms with E-state index in [-0.39, 0.29) is 16.9 Å². The molecule has 6 nitrogen and oxygen atoms in total. The number of ether oxygens (including phenoxy) is 1. The molecule has 0 amide bonds. The van der Waals surface area contributed by atoms with Gasteiger partial charge in [-0.05, 0) is 12.1 Å². The number of nitro benzene ring substituents is 1. The Hall–Kier alpha value is -1.82. The topological polar surface area (TPSA) is 75.8 Å². The van der Waals surface area contributed by atoms with Crippen molar-refractivity contribution in [1.29, 1.82) is 0 Å². The molecular formula is C13H18N2O4. The van der Waals surface area contributed by atoms with Crippen LogP contribution < -0.4 is 9.64 Å². The van der Waals surface area contributed by atoms with Gasteiger partial charge in [-0.1, -0.05) is 19.9 Å². The zero-order chi connectivity index (χ0) is 14.2. The minimum absolute atomic E-state index is 0.0464. The molecule has 104 valence electrons. The highest BCUT2D eigenvalue weighted by Crippen LogP contribution is 2.41. The van der Waals surface area contributed by atoms with Crippen LogP contribution in [0.2, 0.25) is 0 Å². The van der Waals surface area contributed by atoms with Gasteiger partial charge in [-0.25, -0.2) is 0 Å². The molecule has 1 fully saturated rings. The Labute approximate surface area is 111 Å². The lowest BCUT2D eigenvalue weighted by Gasteiger charge is -2.22. The van der Waals surface area contributed by atoms with E-state index in [2.05, 4.69) is 0 Å². The highest BCUT2D eigenvalue weighted by molar-refractivity contribution is 5.70. The summed E-state index contributed by atoms with van der Waals surface area (Å²) < 4.78 is 5.05. The standard InChI is InChI=1S/C13H18N2O4/c1-13(2)8-14(7-11(13)16)9-5-4-6-10(19-3)12(9)15(17)18/h4-6,11,16H,7-8H2,1-3H3/t11-/m1/s1. The van der Waals surface area contributed by atoms with E-state index >= 15 is 0 Å². The van der Waals surface area contributed by atoms with Crippen LogP contribution in [0.15, 0.2) is 18.2 Å². The summed E-state index contributed by atoms with van der Waals surface area (Å²) in [7, 11) is 1.41. The van der Waals surface area contributed by atoms with Gasteiger partial charge >= 0.3 is 5.69 Å². The molecule has 1 aromatic carbocycles. The third-order valence-corrected chi connectivity index (χ3v) is 3.61. The van der Waals surface area contributed by atoms with Crippen LogP contribution in [0.4, 0.5) is 11.4 Å². The zero-order valence-corrected chi connectivity index (χ0v) is 11.3. The Kier molecular flexibility index (Phi) is 3.36. The van der Waals surface area contributed by atoms with Gasteiger partial charge in [0, 0.05) is 18.5 Å². The summed E-state index contributed by atoms with van der Waals surface area (Å²) in [6, 6.07) is 4.98. The third-order valence-electron chi connectivity index (χ3n) is 3.61. The molecule has 6 heteroatoms. The third kappa shape index (κ3) is 2.35. The average Bonchev–Trinajstić information content (AvgIpc) is 2.62. The number of nitrogens with zero attached hydrogens (tertiary/aromatic N) is 2. The summed E-state index contributed by atoms with van der Waals surface area (Å²) in [5.74, 6) is 0.238. The molecule has 0 spiro atoms. The van der Waals surface area contributed by atoms with Crippen molar-refractivity contribution in [2.45, 2.75) is 20.0 Å². The first-order valence-electron chi connectivity index (χ1n) is 6.11. The Bertz CT molecular complexity index is 501. The predicted molar refractivity (Wildman–Crippen MR) is 71.6 cm³/mol. The second kappa shape index (κ2) is 4.70. The molecule has 0 bridgehead atoms. The van der Waals surface area contributed by atoms with Crippen LogP contribution in [-0.2, 0) is 0 Å². The monoisotopic (exact) mass is 266 g/mol. The summed E-state index contributed by atoms with van der Waals surface area (Å²) in [5.41, 5.74) is 0.167. The molecular weight excluding hydrogens is 248 g/mol. The molecule has 1 heterocycles. The first-order chi connectivity index (χ1) is 8.86. The maximum absolute atomic E-state index is 11.2. The summed E-state index contributed by atoms with van der Waals surface area (Å²) in [6.45, 7) is 4.86. The number of rotatable bonds is 3. The molecule has 2 rings (SSSR count). The fraction of sp³-hybridized carbons (Fsp3) is 0.538. The lowest BCUT2D eigenvalue weighted by atomic mass is 9.90. The Morgan fingerprint density at radius 2 is 2.21 bits per heavy atom. The first kappa shape index (κ1) is 13.6. The van der Waals surface area contributed by atoms with E-state index in [1.165, 1.54) is 7.11 Å². The molecule has 1 saturated heterocycles. The smallest absolute Gasteiger partial charge is 0.333 e. The van der Waals surface area contributed by atoms with Gasteiger partial charge in [0.1, 0.15) is 5.69 Å². The van der Waals surface area contributed by atoms with Crippen molar-refractivity contribution in [2.24, 2.45) is 5.41 Å². The van der Waals surface area contributed by atoms with Crippen molar-refractivity contribution < 1.29 is 14.8 Å². The molecule has 0 saturated carbocycles. The van der Waals surface area contributed by atoms with Gasteiger partial charge in [0.25, 0.3) is 0 Å². The van der Waals surface area contributed by atoms with E-state index in [1.807, 2.05) is 18.7 Å². The van der Waals surface area contributed by atoms with Crippen molar-refractivity contribution >= 4 is 11.4 Å². The normalized spacial score (nSPS) is 21.5. The van der Waals surface area contributed by atoms with Gasteiger partial charge in [-0.3, -0.25) is 10.1 Å². The minimum Gasteiger partial charge on any atom is -0.490 e. The lowest BCUT2D eigenvalue weighted by Crippen LogP contribution is -2.26. The summed E-state index contributed by atoms with van der Waals surface area (Å²) in [6.07, 6.45) is -0.502. The molecule has 19 heavy (non-hydrogen) atoms. The molecule has 0 radical (unpaired) electrons. The van der Waals surface area contributed by atoms with Crippen molar-refractivity contribution in [3.63, 3.8) is 0 Å². The molecule has 0 aliphatic carbocycles. The van der Waals surface area contributed by atoms with E-state index in [4.69, 9.17) is 4.74 Å². The number of anilines is 1. The molecule has 1 aliphatic heterocycles. The predicted octanol–water partition coefficient (Wildman–Crippen LogP) is 1.81.